The fourth-order valence-corrected chi connectivity index (χ4v) is 5.79. The summed E-state index contributed by atoms with van der Waals surface area (Å²) in [5.41, 5.74) is 4.70. The number of esters is 1. The van der Waals surface area contributed by atoms with Crippen LogP contribution in [0, 0.1) is 18.3 Å². The molecule has 4 rings (SSSR count). The quantitative estimate of drug-likeness (QED) is 0.227. The smallest absolute Gasteiger partial charge is 0.338 e. The van der Waals surface area contributed by atoms with Crippen LogP contribution in [-0.4, -0.2) is 47.4 Å². The molecule has 1 aliphatic rings. The summed E-state index contributed by atoms with van der Waals surface area (Å²) in [5, 5.41) is 15.8. The number of ether oxygens (including phenoxy) is 2. The third-order valence-corrected chi connectivity index (χ3v) is 8.16. The molecule has 3 aromatic carbocycles. The van der Waals surface area contributed by atoms with Crippen LogP contribution in [0.1, 0.15) is 70.2 Å². The van der Waals surface area contributed by atoms with Crippen LogP contribution in [0.2, 0.25) is 0 Å². The minimum Gasteiger partial charge on any atom is -0.432 e. The molecule has 8 heteroatoms. The molecular weight excluding hydrogens is 568 g/mol. The zero-order chi connectivity index (χ0) is 32.8. The molecular formula is C37H46N2O6. The molecule has 0 spiro atoms. The molecule has 4 atom stereocenters. The Labute approximate surface area is 266 Å². The number of cyclic esters (lactones) is 1. The molecule has 4 unspecified atom stereocenters. The molecule has 8 nitrogen and oxygen atoms in total. The predicted octanol–water partition coefficient (Wildman–Crippen LogP) is 5.66. The minimum atomic E-state index is -1.16. The van der Waals surface area contributed by atoms with Crippen LogP contribution >= 0.6 is 0 Å². The van der Waals surface area contributed by atoms with Crippen molar-refractivity contribution in [3.8, 4) is 11.1 Å². The highest BCUT2D eigenvalue weighted by molar-refractivity contribution is 5.92. The topological polar surface area (TPSA) is 114 Å². The first-order valence-corrected chi connectivity index (χ1v) is 15.6. The summed E-state index contributed by atoms with van der Waals surface area (Å²) in [7, 11) is 0. The summed E-state index contributed by atoms with van der Waals surface area (Å²) in [6.45, 7) is 10.6. The molecule has 3 N–H and O–H groups in total. The van der Waals surface area contributed by atoms with Crippen LogP contribution in [0.25, 0.3) is 11.1 Å². The van der Waals surface area contributed by atoms with Crippen LogP contribution in [-0.2, 0) is 30.3 Å². The number of nitrogens with one attached hydrogen (secondary N) is 2. The van der Waals surface area contributed by atoms with Crippen molar-refractivity contribution in [2.45, 2.75) is 84.8 Å². The van der Waals surface area contributed by atoms with Gasteiger partial charge in [0.1, 0.15) is 6.04 Å². The molecule has 0 saturated carbocycles. The maximum atomic E-state index is 13.9. The number of aliphatic hydroxyl groups is 1. The fraction of sp³-hybridized carbons (Fsp3) is 0.432. The number of aryl methyl sites for hydroxylation is 2. The van der Waals surface area contributed by atoms with E-state index >= 15 is 0 Å². The molecule has 240 valence electrons. The highest BCUT2D eigenvalue weighted by Crippen LogP contribution is 2.32. The molecule has 0 aromatic heterocycles. The molecule has 1 aliphatic heterocycles. The van der Waals surface area contributed by atoms with E-state index in [1.54, 1.807) is 13.8 Å². The monoisotopic (exact) mass is 614 g/mol. The van der Waals surface area contributed by atoms with Crippen LogP contribution in [0.15, 0.2) is 78.9 Å². The summed E-state index contributed by atoms with van der Waals surface area (Å²) in [6, 6.07) is 24.2. The van der Waals surface area contributed by atoms with Gasteiger partial charge in [0.05, 0.1) is 18.6 Å². The number of rotatable bonds is 12. The maximum absolute atomic E-state index is 13.9. The number of aliphatic hydroxyl groups excluding tert-OH is 1. The van der Waals surface area contributed by atoms with Crippen molar-refractivity contribution in [2.24, 2.45) is 11.3 Å². The SMILES string of the molecule is Cc1cc(CCCC(C(=O)NC(C(=O)NC(CO)c2ccccc2)C(C)(C)C)C2OC(C)(C)OC2=O)ccc1-c1ccccc1. The van der Waals surface area contributed by atoms with Gasteiger partial charge in [-0.3, -0.25) is 9.59 Å². The lowest BCUT2D eigenvalue weighted by atomic mass is 9.84. The lowest BCUT2D eigenvalue weighted by Crippen LogP contribution is -2.56. The molecule has 1 heterocycles. The Bertz CT molecular complexity index is 1470. The Morgan fingerprint density at radius 2 is 1.58 bits per heavy atom. The number of benzene rings is 3. The molecule has 1 saturated heterocycles. The second-order valence-electron chi connectivity index (χ2n) is 13.3. The number of carbonyl (C=O) groups excluding carboxylic acids is 3. The van der Waals surface area contributed by atoms with Crippen molar-refractivity contribution in [1.29, 1.82) is 0 Å². The highest BCUT2D eigenvalue weighted by Gasteiger charge is 2.48. The molecule has 0 bridgehead atoms. The van der Waals surface area contributed by atoms with Crippen molar-refractivity contribution >= 4 is 17.8 Å². The van der Waals surface area contributed by atoms with E-state index < -0.39 is 53.1 Å². The van der Waals surface area contributed by atoms with Crippen molar-refractivity contribution in [2.75, 3.05) is 6.61 Å². The minimum absolute atomic E-state index is 0.300. The zero-order valence-electron chi connectivity index (χ0n) is 27.1. The van der Waals surface area contributed by atoms with E-state index in [2.05, 4.69) is 47.9 Å². The normalized spacial score (nSPS) is 18.0. The third kappa shape index (κ3) is 8.80. The number of hydrogen-bond donors (Lipinski definition) is 3. The standard InChI is InChI=1S/C37H46N2O6/c1-24-22-25(20-21-28(24)26-15-9-7-10-16-26)14-13-19-29(31-35(43)45-37(5,6)44-31)33(41)39-32(36(2,3)4)34(42)38-30(23-40)27-17-11-8-12-18-27/h7-12,15-18,20-22,29-32,40H,13-14,19,23H2,1-6H3,(H,38,42)(H,39,41). The van der Waals surface area contributed by atoms with E-state index in [1.165, 1.54) is 5.56 Å². The summed E-state index contributed by atoms with van der Waals surface area (Å²) in [4.78, 5) is 40.4. The predicted molar refractivity (Wildman–Crippen MR) is 174 cm³/mol. The maximum Gasteiger partial charge on any atom is 0.338 e. The second kappa shape index (κ2) is 14.4. The molecule has 0 radical (unpaired) electrons. The summed E-state index contributed by atoms with van der Waals surface area (Å²) < 4.78 is 11.3. The van der Waals surface area contributed by atoms with Crippen LogP contribution in [0.4, 0.5) is 0 Å². The lowest BCUT2D eigenvalue weighted by Gasteiger charge is -2.33. The van der Waals surface area contributed by atoms with Gasteiger partial charge in [0.25, 0.3) is 0 Å². The third-order valence-electron chi connectivity index (χ3n) is 8.16. The van der Waals surface area contributed by atoms with Crippen molar-refractivity contribution in [3.63, 3.8) is 0 Å². The van der Waals surface area contributed by atoms with Gasteiger partial charge in [-0.2, -0.15) is 0 Å². The largest absolute Gasteiger partial charge is 0.432 e. The van der Waals surface area contributed by atoms with Gasteiger partial charge in [0.2, 0.25) is 17.6 Å². The summed E-state index contributed by atoms with van der Waals surface area (Å²) >= 11 is 0. The molecule has 2 amide bonds. The highest BCUT2D eigenvalue weighted by atomic mass is 16.8. The van der Waals surface area contributed by atoms with E-state index in [9.17, 15) is 19.5 Å². The van der Waals surface area contributed by atoms with Gasteiger partial charge < -0.3 is 25.2 Å². The number of carbonyl (C=O) groups is 3. The van der Waals surface area contributed by atoms with Crippen molar-refractivity contribution < 1.29 is 29.0 Å². The van der Waals surface area contributed by atoms with Crippen LogP contribution < -0.4 is 10.6 Å². The van der Waals surface area contributed by atoms with Gasteiger partial charge in [0, 0.05) is 13.8 Å². The first kappa shape index (κ1) is 33.9. The molecule has 1 fully saturated rings. The first-order chi connectivity index (χ1) is 21.3. The number of amides is 2. The van der Waals surface area contributed by atoms with Crippen LogP contribution in [0.5, 0.6) is 0 Å². The average Bonchev–Trinajstić information content (AvgIpc) is 3.28. The lowest BCUT2D eigenvalue weighted by molar-refractivity contribution is -0.162. The zero-order valence-corrected chi connectivity index (χ0v) is 27.1. The average molecular weight is 615 g/mol. The van der Waals surface area contributed by atoms with Crippen molar-refractivity contribution in [1.82, 2.24) is 10.6 Å². The van der Waals surface area contributed by atoms with Gasteiger partial charge >= 0.3 is 5.97 Å². The van der Waals surface area contributed by atoms with E-state index in [4.69, 9.17) is 9.47 Å². The van der Waals surface area contributed by atoms with E-state index in [1.807, 2.05) is 69.3 Å². The molecule has 45 heavy (non-hydrogen) atoms. The molecule has 0 aliphatic carbocycles. The Morgan fingerprint density at radius 3 is 2.13 bits per heavy atom. The fourth-order valence-electron chi connectivity index (χ4n) is 5.79. The van der Waals surface area contributed by atoms with Gasteiger partial charge in [-0.15, -0.1) is 0 Å². The Hall–Kier alpha value is -4.01. The van der Waals surface area contributed by atoms with Crippen molar-refractivity contribution in [3.05, 3.63) is 95.6 Å². The second-order valence-corrected chi connectivity index (χ2v) is 13.3. The van der Waals surface area contributed by atoms with E-state index in [0.29, 0.717) is 19.3 Å². The van der Waals surface area contributed by atoms with Crippen LogP contribution in [0.3, 0.4) is 0 Å². The summed E-state index contributed by atoms with van der Waals surface area (Å²) in [5.74, 6) is -3.51. The Balaban J connectivity index is 1.50. The van der Waals surface area contributed by atoms with E-state index in [-0.39, 0.29) is 6.61 Å². The number of hydrogen-bond acceptors (Lipinski definition) is 6. The Morgan fingerprint density at radius 1 is 0.933 bits per heavy atom. The molecule has 3 aromatic rings. The van der Waals surface area contributed by atoms with Gasteiger partial charge in [-0.1, -0.05) is 99.6 Å². The Kier molecular flexibility index (Phi) is 10.8. The summed E-state index contributed by atoms with van der Waals surface area (Å²) in [6.07, 6.45) is 0.565. The van der Waals surface area contributed by atoms with Gasteiger partial charge in [-0.25, -0.2) is 4.79 Å². The van der Waals surface area contributed by atoms with Gasteiger partial charge in [0.15, 0.2) is 6.10 Å². The first-order valence-electron chi connectivity index (χ1n) is 15.6. The van der Waals surface area contributed by atoms with E-state index in [0.717, 1.165) is 22.3 Å². The van der Waals surface area contributed by atoms with Gasteiger partial charge in [-0.05, 0) is 59.4 Å².